The van der Waals surface area contributed by atoms with Crippen molar-refractivity contribution >= 4 is 28.6 Å². The van der Waals surface area contributed by atoms with E-state index >= 15 is 0 Å². The summed E-state index contributed by atoms with van der Waals surface area (Å²) in [6.45, 7) is 4.05. The molecule has 0 aliphatic rings. The Balaban J connectivity index is 2.02. The van der Waals surface area contributed by atoms with Crippen molar-refractivity contribution in [1.82, 2.24) is 4.98 Å². The molecule has 0 saturated carbocycles. The van der Waals surface area contributed by atoms with Crippen LogP contribution in [0.2, 0.25) is 0 Å². The van der Waals surface area contributed by atoms with Crippen molar-refractivity contribution < 1.29 is 14.6 Å². The molecule has 5 nitrogen and oxygen atoms in total. The first-order valence-corrected chi connectivity index (χ1v) is 11.2. The first-order chi connectivity index (χ1) is 14.1. The van der Waals surface area contributed by atoms with Gasteiger partial charge in [0.25, 0.3) is 0 Å². The maximum absolute atomic E-state index is 11.8. The van der Waals surface area contributed by atoms with Crippen LogP contribution in [0.3, 0.4) is 0 Å². The number of hydrogen-bond acceptors (Lipinski definition) is 6. The van der Waals surface area contributed by atoms with E-state index in [9.17, 15) is 15.2 Å². The van der Waals surface area contributed by atoms with E-state index in [2.05, 4.69) is 18.0 Å². The third-order valence-electron chi connectivity index (χ3n) is 4.60. The fraction of sp³-hybridized carbons (Fsp3) is 0.318. The van der Waals surface area contributed by atoms with Gasteiger partial charge in [0.1, 0.15) is 27.4 Å². The topological polar surface area (TPSA) is 83.2 Å². The molecule has 0 radical (unpaired) electrons. The number of benzene rings is 1. The molecule has 0 aliphatic carbocycles. The number of aromatic carboxylic acids is 1. The van der Waals surface area contributed by atoms with Gasteiger partial charge in [0.05, 0.1) is 22.4 Å². The van der Waals surface area contributed by atoms with E-state index in [0.717, 1.165) is 34.6 Å². The lowest BCUT2D eigenvalue weighted by molar-refractivity contribution is 0.0702. The number of nitrogens with zero attached hydrogens (tertiary/aromatic N) is 2. The second-order valence-electron chi connectivity index (χ2n) is 6.56. The normalized spacial score (nSPS) is 12.9. The van der Waals surface area contributed by atoms with Crippen LogP contribution in [-0.4, -0.2) is 22.2 Å². The first-order valence-electron chi connectivity index (χ1n) is 9.52. The molecule has 0 spiro atoms. The average Bonchev–Trinajstić information content (AvgIpc) is 3.39. The molecule has 29 heavy (non-hydrogen) atoms. The fourth-order valence-corrected chi connectivity index (χ4v) is 4.87. The second kappa shape index (κ2) is 9.68. The summed E-state index contributed by atoms with van der Waals surface area (Å²) in [6, 6.07) is 13.6. The quantitative estimate of drug-likeness (QED) is 0.432. The Hall–Kier alpha value is -2.69. The van der Waals surface area contributed by atoms with Crippen LogP contribution in [-0.2, 0) is 0 Å². The number of para-hydroxylation sites is 1. The molecule has 2 heterocycles. The van der Waals surface area contributed by atoms with Crippen LogP contribution in [0.15, 0.2) is 41.8 Å². The van der Waals surface area contributed by atoms with Gasteiger partial charge < -0.3 is 9.84 Å². The van der Waals surface area contributed by atoms with Gasteiger partial charge >= 0.3 is 5.97 Å². The van der Waals surface area contributed by atoms with Gasteiger partial charge in [-0.2, -0.15) is 5.26 Å². The van der Waals surface area contributed by atoms with Crippen molar-refractivity contribution in [2.24, 2.45) is 5.92 Å². The zero-order valence-corrected chi connectivity index (χ0v) is 17.9. The zero-order valence-electron chi connectivity index (χ0n) is 16.3. The molecular weight excluding hydrogens is 404 g/mol. The molecule has 0 amide bonds. The van der Waals surface area contributed by atoms with Gasteiger partial charge in [-0.15, -0.1) is 22.7 Å². The van der Waals surface area contributed by atoms with Crippen LogP contribution >= 0.6 is 22.7 Å². The van der Waals surface area contributed by atoms with Crippen LogP contribution in [0, 0.1) is 17.2 Å². The molecule has 7 heteroatoms. The number of ether oxygens (including phenoxy) is 1. The predicted molar refractivity (Wildman–Crippen MR) is 117 cm³/mol. The molecule has 150 valence electrons. The van der Waals surface area contributed by atoms with Crippen LogP contribution in [0.5, 0.6) is 5.75 Å². The minimum absolute atomic E-state index is 0.199. The highest BCUT2D eigenvalue weighted by Gasteiger charge is 2.25. The Kier molecular flexibility index (Phi) is 7.02. The molecule has 0 fully saturated rings. The van der Waals surface area contributed by atoms with Crippen molar-refractivity contribution in [3.05, 3.63) is 46.7 Å². The largest absolute Gasteiger partial charge is 0.488 e. The van der Waals surface area contributed by atoms with Crippen molar-refractivity contribution in [2.45, 2.75) is 39.2 Å². The van der Waals surface area contributed by atoms with Crippen molar-refractivity contribution in [2.75, 3.05) is 0 Å². The third kappa shape index (κ3) is 4.66. The van der Waals surface area contributed by atoms with Crippen LogP contribution in [0.25, 0.3) is 21.1 Å². The summed E-state index contributed by atoms with van der Waals surface area (Å²) in [6.07, 6.45) is 2.19. The average molecular weight is 427 g/mol. The minimum Gasteiger partial charge on any atom is -0.488 e. The summed E-state index contributed by atoms with van der Waals surface area (Å²) in [4.78, 5) is 17.5. The summed E-state index contributed by atoms with van der Waals surface area (Å²) in [5.74, 6) is -0.562. The molecule has 1 N–H and O–H groups in total. The lowest BCUT2D eigenvalue weighted by Gasteiger charge is -2.23. The third-order valence-corrected chi connectivity index (χ3v) is 6.55. The van der Waals surface area contributed by atoms with E-state index in [0.29, 0.717) is 22.9 Å². The number of carboxylic acids is 1. The smallest absolute Gasteiger partial charge is 0.348 e. The van der Waals surface area contributed by atoms with Gasteiger partial charge in [0.15, 0.2) is 0 Å². The van der Waals surface area contributed by atoms with Gasteiger partial charge in [-0.05, 0) is 36.4 Å². The SMILES string of the molecule is CCCC(Oc1ccccc1-c1nc(-c2cccs2)c(C(=O)O)s1)C(C#N)CC. The Morgan fingerprint density at radius 1 is 1.28 bits per heavy atom. The molecule has 1 aromatic carbocycles. The van der Waals surface area contributed by atoms with E-state index < -0.39 is 5.97 Å². The highest BCUT2D eigenvalue weighted by Crippen LogP contribution is 2.39. The highest BCUT2D eigenvalue weighted by molar-refractivity contribution is 7.18. The maximum atomic E-state index is 11.8. The number of nitriles is 1. The summed E-state index contributed by atoms with van der Waals surface area (Å²) in [5, 5.41) is 21.6. The second-order valence-corrected chi connectivity index (χ2v) is 8.51. The van der Waals surface area contributed by atoms with Crippen LogP contribution in [0.4, 0.5) is 0 Å². The van der Waals surface area contributed by atoms with Gasteiger partial charge in [0.2, 0.25) is 0 Å². The number of carboxylic acid groups (broad SMARTS) is 1. The summed E-state index contributed by atoms with van der Waals surface area (Å²) in [5.41, 5.74) is 1.23. The van der Waals surface area contributed by atoms with Crippen LogP contribution in [0.1, 0.15) is 42.8 Å². The Bertz CT molecular complexity index is 1010. The number of carbonyl (C=O) groups is 1. The highest BCUT2D eigenvalue weighted by atomic mass is 32.1. The van der Waals surface area contributed by atoms with Crippen molar-refractivity contribution in [3.8, 4) is 33.0 Å². The number of thiophene rings is 1. The van der Waals surface area contributed by atoms with Crippen LogP contribution < -0.4 is 4.74 Å². The van der Waals surface area contributed by atoms with Gasteiger partial charge in [-0.3, -0.25) is 0 Å². The van der Waals surface area contributed by atoms with Gasteiger partial charge in [0, 0.05) is 0 Å². The van der Waals surface area contributed by atoms with E-state index in [4.69, 9.17) is 4.74 Å². The summed E-state index contributed by atoms with van der Waals surface area (Å²) < 4.78 is 6.28. The molecule has 0 saturated heterocycles. The molecule has 3 aromatic rings. The lowest BCUT2D eigenvalue weighted by atomic mass is 9.97. The number of thiazole rings is 1. The van der Waals surface area contributed by atoms with E-state index in [1.165, 1.54) is 11.3 Å². The number of hydrogen-bond donors (Lipinski definition) is 1. The van der Waals surface area contributed by atoms with Crippen molar-refractivity contribution in [3.63, 3.8) is 0 Å². The van der Waals surface area contributed by atoms with Crippen molar-refractivity contribution in [1.29, 1.82) is 5.26 Å². The Morgan fingerprint density at radius 3 is 2.69 bits per heavy atom. The molecule has 2 aromatic heterocycles. The Labute approximate surface area is 178 Å². The molecular formula is C22H22N2O3S2. The number of aromatic nitrogens is 1. The molecule has 0 aliphatic heterocycles. The predicted octanol–water partition coefficient (Wildman–Crippen LogP) is 6.33. The first kappa shape index (κ1) is 21.0. The van der Waals surface area contributed by atoms with Gasteiger partial charge in [-0.1, -0.05) is 38.5 Å². The molecule has 2 atom stereocenters. The van der Waals surface area contributed by atoms with E-state index in [1.807, 2.05) is 48.7 Å². The van der Waals surface area contributed by atoms with E-state index in [1.54, 1.807) is 0 Å². The van der Waals surface area contributed by atoms with Gasteiger partial charge in [-0.25, -0.2) is 9.78 Å². The maximum Gasteiger partial charge on any atom is 0.348 e. The molecule has 2 unspecified atom stereocenters. The molecule has 3 rings (SSSR count). The standard InChI is InChI=1S/C22H22N2O3S2/c1-3-8-16(14(4-2)13-23)27-17-10-6-5-9-15(17)21-24-19(18-11-7-12-28-18)20(29-21)22(25)26/h5-7,9-12,14,16H,3-4,8H2,1-2H3,(H,25,26). The monoisotopic (exact) mass is 426 g/mol. The summed E-state index contributed by atoms with van der Waals surface area (Å²) in [7, 11) is 0. The zero-order chi connectivity index (χ0) is 20.8. The fourth-order valence-electron chi connectivity index (χ4n) is 3.13. The number of rotatable bonds is 9. The lowest BCUT2D eigenvalue weighted by Crippen LogP contribution is -2.25. The van der Waals surface area contributed by atoms with E-state index in [-0.39, 0.29) is 16.9 Å². The molecule has 0 bridgehead atoms. The summed E-state index contributed by atoms with van der Waals surface area (Å²) >= 11 is 2.61. The minimum atomic E-state index is -0.991. The Morgan fingerprint density at radius 2 is 2.07 bits per heavy atom.